The second-order valence-corrected chi connectivity index (χ2v) is 14.3. The van der Waals surface area contributed by atoms with E-state index in [1.54, 1.807) is 0 Å². The van der Waals surface area contributed by atoms with Crippen LogP contribution in [0.3, 0.4) is 0 Å². The predicted molar refractivity (Wildman–Crippen MR) is 147 cm³/mol. The van der Waals surface area contributed by atoms with Crippen LogP contribution in [0.4, 0.5) is 4.79 Å². The van der Waals surface area contributed by atoms with Crippen LogP contribution in [0.25, 0.3) is 0 Å². The molecule has 4 aliphatic carbocycles. The summed E-state index contributed by atoms with van der Waals surface area (Å²) in [4.78, 5) is 75.0. The van der Waals surface area contributed by atoms with Gasteiger partial charge in [0.1, 0.15) is 24.9 Å². The molecule has 13 nitrogen and oxygen atoms in total. The van der Waals surface area contributed by atoms with E-state index in [1.807, 2.05) is 0 Å². The van der Waals surface area contributed by atoms with Gasteiger partial charge in [-0.05, 0) is 56.3 Å². The lowest BCUT2D eigenvalue weighted by atomic mass is 9.56. The van der Waals surface area contributed by atoms with Crippen LogP contribution in [0.15, 0.2) is 0 Å². The number of nitrogens with zero attached hydrogens (tertiary/aromatic N) is 1. The summed E-state index contributed by atoms with van der Waals surface area (Å²) in [6, 6.07) is -1.15. The number of rotatable bonds is 9. The van der Waals surface area contributed by atoms with Crippen LogP contribution >= 0.6 is 11.8 Å². The molecule has 238 valence electrons. The Hall–Kier alpha value is -2.87. The zero-order chi connectivity index (χ0) is 31.3. The third kappa shape index (κ3) is 6.22. The predicted octanol–water partition coefficient (Wildman–Crippen LogP) is 2.51. The van der Waals surface area contributed by atoms with Crippen LogP contribution in [0.2, 0.25) is 0 Å². The number of methoxy groups -OCH3 is 1. The van der Waals surface area contributed by atoms with Crippen molar-refractivity contribution in [1.82, 2.24) is 4.90 Å². The van der Waals surface area contributed by atoms with Gasteiger partial charge in [0.15, 0.2) is 12.2 Å². The molecule has 0 spiro atoms. The fourth-order valence-corrected chi connectivity index (χ4v) is 10.6. The maximum Gasteiger partial charge on any atom is 0.417 e. The lowest BCUT2D eigenvalue weighted by Crippen LogP contribution is -2.66. The fourth-order valence-electron chi connectivity index (χ4n) is 8.32. The van der Waals surface area contributed by atoms with Crippen molar-refractivity contribution < 1.29 is 57.2 Å². The van der Waals surface area contributed by atoms with Gasteiger partial charge in [-0.15, -0.1) is 11.8 Å². The Bertz CT molecular complexity index is 1150. The van der Waals surface area contributed by atoms with Gasteiger partial charge in [-0.3, -0.25) is 19.2 Å². The van der Waals surface area contributed by atoms with Crippen LogP contribution in [-0.4, -0.2) is 94.6 Å². The number of hydrogen-bond donors (Lipinski definition) is 0. The van der Waals surface area contributed by atoms with Gasteiger partial charge in [0.2, 0.25) is 10.8 Å². The highest BCUT2D eigenvalue weighted by Crippen LogP contribution is 2.64. The fraction of sp³-hybridized carbons (Fsp3) is 0.793. The van der Waals surface area contributed by atoms with Crippen molar-refractivity contribution in [3.8, 4) is 0 Å². The van der Waals surface area contributed by atoms with Crippen molar-refractivity contribution in [3.63, 3.8) is 0 Å². The molecule has 6 aliphatic rings. The highest BCUT2D eigenvalue weighted by atomic mass is 32.2. The molecule has 2 aliphatic heterocycles. The average molecular weight is 626 g/mol. The number of ether oxygens (including phenoxy) is 6. The Morgan fingerprint density at radius 2 is 1.49 bits per heavy atom. The molecule has 6 fully saturated rings. The van der Waals surface area contributed by atoms with Gasteiger partial charge in [0, 0.05) is 38.9 Å². The van der Waals surface area contributed by atoms with Gasteiger partial charge in [-0.25, -0.2) is 14.5 Å². The topological polar surface area (TPSA) is 161 Å². The summed E-state index contributed by atoms with van der Waals surface area (Å²) in [6.07, 6.45) is -0.223. The standard InChI is InChI=1S/C29H39NO12S/c1-14(31)30-23-21(41-27(30)36)12-29(26(35)37-5,43-28-9-18-6-19(10-28)8-20(7-18)11-28)42-25(23)24(40-17(4)34)22(39-16(3)33)13-38-15(2)32/h18-25H,6-13H2,1-5H3. The number of carbonyl (C=O) groups excluding carboxylic acids is 6. The van der Waals surface area contributed by atoms with Crippen molar-refractivity contribution in [3.05, 3.63) is 0 Å². The molecule has 6 unspecified atom stereocenters. The SMILES string of the molecule is COC(=O)C1(SC23CC4CC(CC(C4)C2)C3)CC2OC(=O)N(C(C)=O)C2C(C(OC(C)=O)C(COC(C)=O)OC(C)=O)O1. The summed E-state index contributed by atoms with van der Waals surface area (Å²) >= 11 is 1.38. The zero-order valence-corrected chi connectivity index (χ0v) is 25.8. The van der Waals surface area contributed by atoms with E-state index >= 15 is 0 Å². The summed E-state index contributed by atoms with van der Waals surface area (Å²) in [7, 11) is 1.24. The van der Waals surface area contributed by atoms with Crippen molar-refractivity contribution >= 4 is 47.6 Å². The minimum absolute atomic E-state index is 0.113. The monoisotopic (exact) mass is 625 g/mol. The van der Waals surface area contributed by atoms with Gasteiger partial charge in [0.25, 0.3) is 0 Å². The van der Waals surface area contributed by atoms with Crippen LogP contribution < -0.4 is 0 Å². The molecule has 0 aromatic carbocycles. The number of esters is 4. The average Bonchev–Trinajstić information content (AvgIpc) is 3.22. The molecule has 0 radical (unpaired) electrons. The number of imide groups is 1. The molecule has 4 bridgehead atoms. The summed E-state index contributed by atoms with van der Waals surface area (Å²) in [6.45, 7) is 4.06. The van der Waals surface area contributed by atoms with Crippen LogP contribution in [0.5, 0.6) is 0 Å². The molecule has 14 heteroatoms. The van der Waals surface area contributed by atoms with Crippen molar-refractivity contribution in [2.45, 2.75) is 113 Å². The molecule has 2 amide bonds. The number of thioether (sulfide) groups is 1. The number of fused-ring (bicyclic) bond motifs is 1. The van der Waals surface area contributed by atoms with Gasteiger partial charge >= 0.3 is 30.0 Å². The van der Waals surface area contributed by atoms with Crippen molar-refractivity contribution in [2.75, 3.05) is 13.7 Å². The second-order valence-electron chi connectivity index (χ2n) is 12.6. The normalized spacial score (nSPS) is 37.0. The quantitative estimate of drug-likeness (QED) is 0.272. The Morgan fingerprint density at radius 1 is 0.907 bits per heavy atom. The molecule has 2 saturated heterocycles. The first-order valence-electron chi connectivity index (χ1n) is 14.7. The number of carbonyl (C=O) groups is 6. The van der Waals surface area contributed by atoms with Gasteiger partial charge in [0.05, 0.1) is 7.11 Å². The maximum absolute atomic E-state index is 13.8. The van der Waals surface area contributed by atoms with E-state index in [2.05, 4.69) is 0 Å². The third-order valence-corrected chi connectivity index (χ3v) is 10.9. The minimum atomic E-state index is -1.71. The molecule has 0 aromatic heterocycles. The molecule has 0 N–H and O–H groups in total. The molecule has 0 aromatic rings. The Morgan fingerprint density at radius 3 is 1.98 bits per heavy atom. The van der Waals surface area contributed by atoms with Crippen molar-refractivity contribution in [2.24, 2.45) is 17.8 Å². The van der Waals surface area contributed by atoms with E-state index in [9.17, 15) is 28.8 Å². The summed E-state index contributed by atoms with van der Waals surface area (Å²) in [5, 5.41) is 0. The molecular formula is C29H39NO12S. The van der Waals surface area contributed by atoms with E-state index in [4.69, 9.17) is 28.4 Å². The molecule has 6 rings (SSSR count). The minimum Gasteiger partial charge on any atom is -0.466 e. The first-order chi connectivity index (χ1) is 20.2. The Balaban J connectivity index is 1.59. The Kier molecular flexibility index (Phi) is 8.73. The van der Waals surface area contributed by atoms with Crippen LogP contribution in [0, 0.1) is 17.8 Å². The molecule has 2 heterocycles. The molecule has 6 atom stereocenters. The Labute approximate surface area is 253 Å². The smallest absolute Gasteiger partial charge is 0.417 e. The van der Waals surface area contributed by atoms with E-state index in [0.29, 0.717) is 17.8 Å². The lowest BCUT2D eigenvalue weighted by Gasteiger charge is -2.59. The first-order valence-corrected chi connectivity index (χ1v) is 15.5. The van der Waals surface area contributed by atoms with Gasteiger partial charge in [-0.2, -0.15) is 0 Å². The third-order valence-electron chi connectivity index (χ3n) is 9.22. The van der Waals surface area contributed by atoms with Crippen LogP contribution in [-0.2, 0) is 52.4 Å². The number of amides is 2. The van der Waals surface area contributed by atoms with E-state index in [-0.39, 0.29) is 11.2 Å². The molecule has 4 saturated carbocycles. The summed E-state index contributed by atoms with van der Waals surface area (Å²) < 4.78 is 33.6. The van der Waals surface area contributed by atoms with Crippen LogP contribution in [0.1, 0.15) is 72.6 Å². The summed E-state index contributed by atoms with van der Waals surface area (Å²) in [5.41, 5.74) is 0. The highest BCUT2D eigenvalue weighted by molar-refractivity contribution is 8.02. The van der Waals surface area contributed by atoms with E-state index < -0.39 is 77.9 Å². The summed E-state index contributed by atoms with van der Waals surface area (Å²) in [5.74, 6) is -1.99. The number of hydrogen-bond acceptors (Lipinski definition) is 13. The first kappa shape index (κ1) is 31.6. The van der Waals surface area contributed by atoms with E-state index in [1.165, 1.54) is 25.8 Å². The van der Waals surface area contributed by atoms with Gasteiger partial charge < -0.3 is 28.4 Å². The molecule has 43 heavy (non-hydrogen) atoms. The largest absolute Gasteiger partial charge is 0.466 e. The molecular weight excluding hydrogens is 586 g/mol. The van der Waals surface area contributed by atoms with Gasteiger partial charge in [-0.1, -0.05) is 0 Å². The van der Waals surface area contributed by atoms with E-state index in [0.717, 1.165) is 64.2 Å². The lowest BCUT2D eigenvalue weighted by molar-refractivity contribution is -0.219. The zero-order valence-electron chi connectivity index (χ0n) is 25.0. The second kappa shape index (κ2) is 11.9. The van der Waals surface area contributed by atoms with Crippen molar-refractivity contribution in [1.29, 1.82) is 0 Å². The maximum atomic E-state index is 13.8. The highest BCUT2D eigenvalue weighted by Gasteiger charge is 2.66.